The monoisotopic (exact) mass is 179 g/mol. The molecular formula is C10H13NO2. The van der Waals surface area contributed by atoms with Gasteiger partial charge in [-0.05, 0) is 13.0 Å². The van der Waals surface area contributed by atoms with Crippen molar-refractivity contribution in [2.45, 2.75) is 19.6 Å². The highest BCUT2D eigenvalue weighted by Gasteiger charge is 2.17. The first kappa shape index (κ1) is 8.53. The molecule has 0 saturated heterocycles. The van der Waals surface area contributed by atoms with E-state index in [2.05, 4.69) is 0 Å². The van der Waals surface area contributed by atoms with Gasteiger partial charge in [0.15, 0.2) is 0 Å². The average molecular weight is 179 g/mol. The van der Waals surface area contributed by atoms with Crippen LogP contribution in [0.3, 0.4) is 0 Å². The van der Waals surface area contributed by atoms with Gasteiger partial charge in [-0.15, -0.1) is 0 Å². The zero-order valence-electron chi connectivity index (χ0n) is 7.60. The maximum Gasteiger partial charge on any atom is 0.124 e. The number of nitrogens with zero attached hydrogens (tertiary/aromatic N) is 1. The first-order chi connectivity index (χ1) is 6.25. The molecule has 0 radical (unpaired) electrons. The summed E-state index contributed by atoms with van der Waals surface area (Å²) in [7, 11) is 0. The van der Waals surface area contributed by atoms with E-state index in [4.69, 9.17) is 4.74 Å². The Morgan fingerprint density at radius 1 is 1.46 bits per heavy atom. The lowest BCUT2D eigenvalue weighted by molar-refractivity contribution is -0.109. The number of rotatable bonds is 0. The van der Waals surface area contributed by atoms with Gasteiger partial charge in [-0.25, -0.2) is 0 Å². The molecular weight excluding hydrogens is 166 g/mol. The van der Waals surface area contributed by atoms with Gasteiger partial charge in [0.05, 0.1) is 13.1 Å². The van der Waals surface area contributed by atoms with Gasteiger partial charge in [-0.1, -0.05) is 18.2 Å². The smallest absolute Gasteiger partial charge is 0.124 e. The standard InChI is InChI=1S/C10H13NO2/c1-8-6-11(12)7-9-4-2-3-5-10(9)13-8/h2-5,8,12H,6-7H2,1H3/t8-/m0/s1. The number of ether oxygens (including phenoxy) is 1. The molecule has 1 aromatic carbocycles. The van der Waals surface area contributed by atoms with Gasteiger partial charge in [0, 0.05) is 5.56 Å². The fourth-order valence-electron chi connectivity index (χ4n) is 1.56. The zero-order valence-corrected chi connectivity index (χ0v) is 7.60. The van der Waals surface area contributed by atoms with Crippen molar-refractivity contribution in [2.24, 2.45) is 0 Å². The molecule has 0 aromatic heterocycles. The van der Waals surface area contributed by atoms with Crippen molar-refractivity contribution in [1.82, 2.24) is 5.06 Å². The van der Waals surface area contributed by atoms with E-state index in [1.165, 1.54) is 5.06 Å². The predicted octanol–water partition coefficient (Wildman–Crippen LogP) is 1.66. The van der Waals surface area contributed by atoms with E-state index in [9.17, 15) is 5.21 Å². The Labute approximate surface area is 77.5 Å². The second kappa shape index (κ2) is 3.36. The lowest BCUT2D eigenvalue weighted by Gasteiger charge is -2.14. The Kier molecular flexibility index (Phi) is 2.20. The highest BCUT2D eigenvalue weighted by atomic mass is 16.5. The molecule has 0 bridgehead atoms. The Morgan fingerprint density at radius 2 is 2.23 bits per heavy atom. The summed E-state index contributed by atoms with van der Waals surface area (Å²) in [4.78, 5) is 0. The van der Waals surface area contributed by atoms with Crippen LogP contribution in [-0.4, -0.2) is 22.9 Å². The van der Waals surface area contributed by atoms with Gasteiger partial charge in [0.1, 0.15) is 11.9 Å². The van der Waals surface area contributed by atoms with E-state index in [0.717, 1.165) is 11.3 Å². The average Bonchev–Trinajstić information content (AvgIpc) is 2.20. The van der Waals surface area contributed by atoms with E-state index in [0.29, 0.717) is 13.1 Å². The SMILES string of the molecule is C[C@H]1CN(O)Cc2ccccc2O1. The fraction of sp³-hybridized carbons (Fsp3) is 0.400. The van der Waals surface area contributed by atoms with Gasteiger partial charge in [-0.2, -0.15) is 5.06 Å². The van der Waals surface area contributed by atoms with Crippen molar-refractivity contribution in [3.63, 3.8) is 0 Å². The third kappa shape index (κ3) is 1.82. The van der Waals surface area contributed by atoms with Gasteiger partial charge >= 0.3 is 0 Å². The van der Waals surface area contributed by atoms with E-state index >= 15 is 0 Å². The van der Waals surface area contributed by atoms with Crippen LogP contribution in [0.15, 0.2) is 24.3 Å². The summed E-state index contributed by atoms with van der Waals surface area (Å²) in [5.74, 6) is 0.881. The Morgan fingerprint density at radius 3 is 3.08 bits per heavy atom. The van der Waals surface area contributed by atoms with Gasteiger partial charge in [-0.3, -0.25) is 0 Å². The van der Waals surface area contributed by atoms with E-state index < -0.39 is 0 Å². The second-order valence-corrected chi connectivity index (χ2v) is 3.38. The molecule has 1 heterocycles. The molecule has 70 valence electrons. The molecule has 3 heteroatoms. The topological polar surface area (TPSA) is 32.7 Å². The number of para-hydroxylation sites is 1. The fourth-order valence-corrected chi connectivity index (χ4v) is 1.56. The summed E-state index contributed by atoms with van der Waals surface area (Å²) in [6.45, 7) is 3.04. The maximum absolute atomic E-state index is 9.46. The lowest BCUT2D eigenvalue weighted by atomic mass is 10.2. The lowest BCUT2D eigenvalue weighted by Crippen LogP contribution is -2.27. The third-order valence-corrected chi connectivity index (χ3v) is 2.12. The summed E-state index contributed by atoms with van der Waals surface area (Å²) in [6, 6.07) is 7.80. The van der Waals surface area contributed by atoms with Crippen molar-refractivity contribution in [2.75, 3.05) is 6.54 Å². The van der Waals surface area contributed by atoms with Crippen LogP contribution >= 0.6 is 0 Å². The summed E-state index contributed by atoms with van der Waals surface area (Å²) in [5, 5.41) is 10.7. The van der Waals surface area contributed by atoms with Crippen LogP contribution in [0, 0.1) is 0 Å². The number of hydrogen-bond acceptors (Lipinski definition) is 3. The zero-order chi connectivity index (χ0) is 9.26. The van der Waals surface area contributed by atoms with Crippen LogP contribution in [0.2, 0.25) is 0 Å². The first-order valence-corrected chi connectivity index (χ1v) is 4.44. The number of fused-ring (bicyclic) bond motifs is 1. The molecule has 1 aliphatic heterocycles. The predicted molar refractivity (Wildman–Crippen MR) is 48.7 cm³/mol. The first-order valence-electron chi connectivity index (χ1n) is 4.44. The van der Waals surface area contributed by atoms with Crippen LogP contribution in [0.5, 0.6) is 5.75 Å². The minimum atomic E-state index is 0.0358. The van der Waals surface area contributed by atoms with E-state index in [-0.39, 0.29) is 6.10 Å². The van der Waals surface area contributed by atoms with Crippen LogP contribution in [0.4, 0.5) is 0 Å². The largest absolute Gasteiger partial charge is 0.489 e. The quantitative estimate of drug-likeness (QED) is 0.657. The molecule has 0 spiro atoms. The molecule has 3 nitrogen and oxygen atoms in total. The molecule has 0 aliphatic carbocycles. The molecule has 2 rings (SSSR count). The van der Waals surface area contributed by atoms with Crippen LogP contribution in [0.25, 0.3) is 0 Å². The summed E-state index contributed by atoms with van der Waals surface area (Å²) in [5.41, 5.74) is 1.04. The number of hydrogen-bond donors (Lipinski definition) is 1. The van der Waals surface area contributed by atoms with Crippen molar-refractivity contribution < 1.29 is 9.94 Å². The van der Waals surface area contributed by atoms with E-state index in [1.807, 2.05) is 31.2 Å². The Bertz CT molecular complexity index is 272. The number of benzene rings is 1. The summed E-state index contributed by atoms with van der Waals surface area (Å²) < 4.78 is 5.63. The van der Waals surface area contributed by atoms with Crippen molar-refractivity contribution in [3.05, 3.63) is 29.8 Å². The van der Waals surface area contributed by atoms with Crippen molar-refractivity contribution >= 4 is 0 Å². The van der Waals surface area contributed by atoms with Crippen LogP contribution in [0.1, 0.15) is 12.5 Å². The Balaban J connectivity index is 2.32. The molecule has 0 saturated carbocycles. The molecule has 1 aliphatic rings. The van der Waals surface area contributed by atoms with Crippen LogP contribution < -0.4 is 4.74 Å². The molecule has 0 fully saturated rings. The summed E-state index contributed by atoms with van der Waals surface area (Å²) >= 11 is 0. The minimum absolute atomic E-state index is 0.0358. The van der Waals surface area contributed by atoms with Gasteiger partial charge < -0.3 is 9.94 Å². The van der Waals surface area contributed by atoms with E-state index in [1.54, 1.807) is 0 Å². The molecule has 0 amide bonds. The third-order valence-electron chi connectivity index (χ3n) is 2.12. The number of hydroxylamine groups is 2. The molecule has 1 aromatic rings. The molecule has 1 atom stereocenters. The van der Waals surface area contributed by atoms with Crippen molar-refractivity contribution in [1.29, 1.82) is 0 Å². The van der Waals surface area contributed by atoms with Gasteiger partial charge in [0.25, 0.3) is 0 Å². The molecule has 13 heavy (non-hydrogen) atoms. The van der Waals surface area contributed by atoms with Crippen molar-refractivity contribution in [3.8, 4) is 5.75 Å². The normalized spacial score (nSPS) is 23.1. The minimum Gasteiger partial charge on any atom is -0.489 e. The van der Waals surface area contributed by atoms with Crippen LogP contribution in [-0.2, 0) is 6.54 Å². The Hall–Kier alpha value is -1.06. The highest BCUT2D eigenvalue weighted by molar-refractivity contribution is 5.33. The highest BCUT2D eigenvalue weighted by Crippen LogP contribution is 2.23. The van der Waals surface area contributed by atoms with Gasteiger partial charge in [0.2, 0.25) is 0 Å². The molecule has 1 N–H and O–H groups in total. The molecule has 0 unspecified atom stereocenters. The maximum atomic E-state index is 9.46. The second-order valence-electron chi connectivity index (χ2n) is 3.38. The summed E-state index contributed by atoms with van der Waals surface area (Å²) in [6.07, 6.45) is 0.0358.